The maximum atomic E-state index is 12.7. The SMILES string of the molecule is CO[C@@H]1C[C@H](c2nc(C)no2)N(C(=O)Nc2ccc(N(C)C)nc2)C1. The summed E-state index contributed by atoms with van der Waals surface area (Å²) < 4.78 is 10.7. The molecule has 0 aromatic carbocycles. The lowest BCUT2D eigenvalue weighted by Gasteiger charge is -2.22. The Bertz CT molecular complexity index is 730. The van der Waals surface area contributed by atoms with Crippen LogP contribution in [-0.2, 0) is 4.74 Å². The topological polar surface area (TPSA) is 96.6 Å². The number of nitrogens with one attached hydrogen (secondary N) is 1. The molecule has 25 heavy (non-hydrogen) atoms. The average molecular weight is 346 g/mol. The molecule has 1 aliphatic heterocycles. The minimum absolute atomic E-state index is 0.0720. The van der Waals surface area contributed by atoms with Gasteiger partial charge >= 0.3 is 6.03 Å². The lowest BCUT2D eigenvalue weighted by Crippen LogP contribution is -2.35. The highest BCUT2D eigenvalue weighted by atomic mass is 16.5. The van der Waals surface area contributed by atoms with Crippen molar-refractivity contribution in [2.75, 3.05) is 38.0 Å². The zero-order chi connectivity index (χ0) is 18.0. The van der Waals surface area contributed by atoms with E-state index in [4.69, 9.17) is 9.26 Å². The van der Waals surface area contributed by atoms with Gasteiger partial charge in [-0.25, -0.2) is 9.78 Å². The fraction of sp³-hybridized carbons (Fsp3) is 0.500. The van der Waals surface area contributed by atoms with Gasteiger partial charge in [-0.3, -0.25) is 0 Å². The second-order valence-corrected chi connectivity index (χ2v) is 6.17. The third-order valence-corrected chi connectivity index (χ3v) is 4.14. The number of carbonyl (C=O) groups is 1. The number of aryl methyl sites for hydroxylation is 1. The molecule has 134 valence electrons. The van der Waals surface area contributed by atoms with Gasteiger partial charge < -0.3 is 24.4 Å². The van der Waals surface area contributed by atoms with Crippen LogP contribution in [-0.4, -0.2) is 59.9 Å². The number of carbonyl (C=O) groups excluding carboxylic acids is 1. The summed E-state index contributed by atoms with van der Waals surface area (Å²) in [7, 11) is 5.45. The Morgan fingerprint density at radius 2 is 2.24 bits per heavy atom. The lowest BCUT2D eigenvalue weighted by atomic mass is 10.2. The minimum Gasteiger partial charge on any atom is -0.380 e. The zero-order valence-corrected chi connectivity index (χ0v) is 14.8. The van der Waals surface area contributed by atoms with Crippen LogP contribution < -0.4 is 10.2 Å². The van der Waals surface area contributed by atoms with Crippen LogP contribution in [0.2, 0.25) is 0 Å². The molecule has 9 nitrogen and oxygen atoms in total. The van der Waals surface area contributed by atoms with Crippen LogP contribution in [0.3, 0.4) is 0 Å². The smallest absolute Gasteiger partial charge is 0.322 e. The van der Waals surface area contributed by atoms with Gasteiger partial charge in [0.1, 0.15) is 11.9 Å². The predicted molar refractivity (Wildman–Crippen MR) is 91.5 cm³/mol. The Labute approximate surface area is 146 Å². The fourth-order valence-electron chi connectivity index (χ4n) is 2.80. The van der Waals surface area contributed by atoms with Crippen molar-refractivity contribution in [3.63, 3.8) is 0 Å². The number of likely N-dealkylation sites (tertiary alicyclic amines) is 1. The van der Waals surface area contributed by atoms with Gasteiger partial charge in [0, 0.05) is 34.2 Å². The minimum atomic E-state index is -0.305. The fourth-order valence-corrected chi connectivity index (χ4v) is 2.80. The molecule has 1 aliphatic rings. The van der Waals surface area contributed by atoms with Crippen LogP contribution in [0.4, 0.5) is 16.3 Å². The third-order valence-electron chi connectivity index (χ3n) is 4.14. The van der Waals surface area contributed by atoms with Gasteiger partial charge in [0.15, 0.2) is 5.82 Å². The van der Waals surface area contributed by atoms with E-state index in [0.29, 0.717) is 30.4 Å². The Morgan fingerprint density at radius 3 is 2.80 bits per heavy atom. The van der Waals surface area contributed by atoms with Crippen LogP contribution in [0.15, 0.2) is 22.9 Å². The maximum absolute atomic E-state index is 12.7. The molecule has 0 saturated carbocycles. The Balaban J connectivity index is 1.74. The summed E-state index contributed by atoms with van der Waals surface area (Å²) in [6.45, 7) is 2.20. The summed E-state index contributed by atoms with van der Waals surface area (Å²) in [4.78, 5) is 24.8. The van der Waals surface area contributed by atoms with E-state index >= 15 is 0 Å². The van der Waals surface area contributed by atoms with E-state index in [1.54, 1.807) is 25.1 Å². The molecule has 2 atom stereocenters. The van der Waals surface area contributed by atoms with Crippen LogP contribution in [0.25, 0.3) is 0 Å². The molecule has 1 saturated heterocycles. The van der Waals surface area contributed by atoms with Gasteiger partial charge in [0.25, 0.3) is 0 Å². The number of nitrogens with zero attached hydrogens (tertiary/aromatic N) is 5. The second kappa shape index (κ2) is 7.06. The molecule has 2 aromatic heterocycles. The lowest BCUT2D eigenvalue weighted by molar-refractivity contribution is 0.111. The first-order valence-corrected chi connectivity index (χ1v) is 8.02. The number of anilines is 2. The maximum Gasteiger partial charge on any atom is 0.322 e. The number of ether oxygens (including phenoxy) is 1. The number of hydrogen-bond donors (Lipinski definition) is 1. The van der Waals surface area contributed by atoms with Gasteiger partial charge in [0.2, 0.25) is 5.89 Å². The van der Waals surface area contributed by atoms with Crippen LogP contribution in [0.1, 0.15) is 24.2 Å². The van der Waals surface area contributed by atoms with E-state index in [1.165, 1.54) is 0 Å². The molecule has 0 spiro atoms. The molecule has 3 rings (SSSR count). The van der Waals surface area contributed by atoms with Crippen molar-refractivity contribution >= 4 is 17.5 Å². The van der Waals surface area contributed by atoms with Crippen LogP contribution in [0.5, 0.6) is 0 Å². The van der Waals surface area contributed by atoms with E-state index in [9.17, 15) is 4.79 Å². The molecule has 0 unspecified atom stereocenters. The summed E-state index contributed by atoms with van der Waals surface area (Å²) in [6.07, 6.45) is 2.17. The molecule has 2 amide bonds. The van der Waals surface area contributed by atoms with Gasteiger partial charge in [-0.2, -0.15) is 4.98 Å². The Hall–Kier alpha value is -2.68. The van der Waals surface area contributed by atoms with E-state index in [-0.39, 0.29) is 18.2 Å². The summed E-state index contributed by atoms with van der Waals surface area (Å²) in [5, 5.41) is 6.68. The Kier molecular flexibility index (Phi) is 4.84. The molecule has 0 aliphatic carbocycles. The van der Waals surface area contributed by atoms with Gasteiger partial charge in [-0.15, -0.1) is 0 Å². The molecule has 2 aromatic rings. The zero-order valence-electron chi connectivity index (χ0n) is 14.8. The first-order valence-electron chi connectivity index (χ1n) is 8.02. The first-order chi connectivity index (χ1) is 12.0. The van der Waals surface area contributed by atoms with E-state index < -0.39 is 0 Å². The summed E-state index contributed by atoms with van der Waals surface area (Å²) in [5.41, 5.74) is 0.622. The number of methoxy groups -OCH3 is 1. The van der Waals surface area contributed by atoms with Crippen LogP contribution >= 0.6 is 0 Å². The third kappa shape index (κ3) is 3.71. The largest absolute Gasteiger partial charge is 0.380 e. The van der Waals surface area contributed by atoms with Crippen molar-refractivity contribution in [1.82, 2.24) is 20.0 Å². The van der Waals surface area contributed by atoms with Gasteiger partial charge in [-0.05, 0) is 19.1 Å². The highest BCUT2D eigenvalue weighted by Gasteiger charge is 2.39. The molecular formula is C16H22N6O3. The molecule has 3 heterocycles. The van der Waals surface area contributed by atoms with E-state index in [2.05, 4.69) is 20.4 Å². The van der Waals surface area contributed by atoms with E-state index in [0.717, 1.165) is 5.82 Å². The normalized spacial score (nSPS) is 19.9. The highest BCUT2D eigenvalue weighted by molar-refractivity contribution is 5.89. The molecule has 9 heteroatoms. The number of pyridine rings is 1. The van der Waals surface area contributed by atoms with Gasteiger partial charge in [0.05, 0.1) is 18.0 Å². The molecule has 1 N–H and O–H groups in total. The molecular weight excluding hydrogens is 324 g/mol. The first kappa shape index (κ1) is 17.2. The van der Waals surface area contributed by atoms with Gasteiger partial charge in [-0.1, -0.05) is 5.16 Å². The van der Waals surface area contributed by atoms with Crippen molar-refractivity contribution in [3.8, 4) is 0 Å². The van der Waals surface area contributed by atoms with Crippen molar-refractivity contribution in [2.45, 2.75) is 25.5 Å². The average Bonchev–Trinajstić information content (AvgIpc) is 3.21. The number of rotatable bonds is 4. The van der Waals surface area contributed by atoms with Crippen molar-refractivity contribution in [2.24, 2.45) is 0 Å². The summed E-state index contributed by atoms with van der Waals surface area (Å²) >= 11 is 0. The summed E-state index contributed by atoms with van der Waals surface area (Å²) in [5.74, 6) is 1.78. The monoisotopic (exact) mass is 346 g/mol. The molecule has 1 fully saturated rings. The standard InChI is InChI=1S/C16H22N6O3/c1-10-18-15(25-20-10)13-7-12(24-4)9-22(13)16(23)19-11-5-6-14(17-8-11)21(2)3/h5-6,8,12-13H,7,9H2,1-4H3,(H,19,23)/t12-,13-/m1/s1. The number of hydrogen-bond acceptors (Lipinski definition) is 7. The second-order valence-electron chi connectivity index (χ2n) is 6.17. The van der Waals surface area contributed by atoms with Crippen LogP contribution in [0, 0.1) is 6.92 Å². The highest BCUT2D eigenvalue weighted by Crippen LogP contribution is 2.33. The van der Waals surface area contributed by atoms with Crippen molar-refractivity contribution < 1.29 is 14.1 Å². The molecule has 0 radical (unpaired) electrons. The van der Waals surface area contributed by atoms with Crippen molar-refractivity contribution in [3.05, 3.63) is 30.0 Å². The predicted octanol–water partition coefficient (Wildman–Crippen LogP) is 1.83. The Morgan fingerprint density at radius 1 is 1.44 bits per heavy atom. The number of amides is 2. The van der Waals surface area contributed by atoms with Crippen molar-refractivity contribution in [1.29, 1.82) is 0 Å². The van der Waals surface area contributed by atoms with E-state index in [1.807, 2.05) is 31.1 Å². The number of aromatic nitrogens is 3. The molecule has 0 bridgehead atoms. The number of urea groups is 1. The summed E-state index contributed by atoms with van der Waals surface area (Å²) in [6, 6.07) is 3.10. The quantitative estimate of drug-likeness (QED) is 0.902.